The average molecular weight is 529 g/mol. The van der Waals surface area contributed by atoms with Crippen LogP contribution in [-0.4, -0.2) is 67.6 Å². The second-order valence-corrected chi connectivity index (χ2v) is 11.9. The minimum atomic E-state index is -3.68. The van der Waals surface area contributed by atoms with Gasteiger partial charge in [0.15, 0.2) is 0 Å². The molecule has 2 aromatic carbocycles. The zero-order valence-corrected chi connectivity index (χ0v) is 21.6. The van der Waals surface area contributed by atoms with Gasteiger partial charge < -0.3 is 9.80 Å². The summed E-state index contributed by atoms with van der Waals surface area (Å²) in [6.45, 7) is 5.15. The van der Waals surface area contributed by atoms with Gasteiger partial charge in [-0.05, 0) is 47.7 Å². The van der Waals surface area contributed by atoms with Crippen molar-refractivity contribution in [3.05, 3.63) is 58.9 Å². The lowest BCUT2D eigenvalue weighted by Crippen LogP contribution is -2.52. The van der Waals surface area contributed by atoms with Crippen LogP contribution in [0.15, 0.2) is 41.3 Å². The summed E-state index contributed by atoms with van der Waals surface area (Å²) < 4.78 is 43.0. The number of amides is 3. The van der Waals surface area contributed by atoms with Gasteiger partial charge in [0.1, 0.15) is 11.9 Å². The maximum atomic E-state index is 15.1. The zero-order chi connectivity index (χ0) is 26.5. The Labute approximate surface area is 215 Å². The third-order valence-electron chi connectivity index (χ3n) is 7.33. The fraction of sp³-hybridized carbons (Fsp3) is 0.423. The number of halogens is 1. The van der Waals surface area contributed by atoms with Crippen molar-refractivity contribution in [1.82, 2.24) is 14.5 Å². The lowest BCUT2D eigenvalue weighted by molar-refractivity contribution is -0.136. The van der Waals surface area contributed by atoms with E-state index in [1.165, 1.54) is 15.3 Å². The van der Waals surface area contributed by atoms with Crippen molar-refractivity contribution in [3.63, 3.8) is 0 Å². The normalized spacial score (nSPS) is 21.0. The number of anilines is 1. The summed E-state index contributed by atoms with van der Waals surface area (Å²) in [5, 5.41) is 2.26. The number of sulfonamides is 1. The third kappa shape index (κ3) is 4.61. The molecular weight excluding hydrogens is 499 g/mol. The van der Waals surface area contributed by atoms with E-state index in [0.29, 0.717) is 24.3 Å². The zero-order valence-electron chi connectivity index (χ0n) is 20.7. The molecule has 0 radical (unpaired) electrons. The Hall–Kier alpha value is -3.31. The van der Waals surface area contributed by atoms with Crippen molar-refractivity contribution >= 4 is 33.4 Å². The van der Waals surface area contributed by atoms with Gasteiger partial charge in [-0.25, -0.2) is 12.8 Å². The summed E-state index contributed by atoms with van der Waals surface area (Å²) in [4.78, 5) is 40.1. The van der Waals surface area contributed by atoms with Gasteiger partial charge in [0, 0.05) is 44.7 Å². The first kappa shape index (κ1) is 25.3. The van der Waals surface area contributed by atoms with Gasteiger partial charge in [-0.3, -0.25) is 19.7 Å². The van der Waals surface area contributed by atoms with Crippen LogP contribution < -0.4 is 10.2 Å². The number of carbonyl (C=O) groups excluding carboxylic acids is 3. The van der Waals surface area contributed by atoms with E-state index in [-0.39, 0.29) is 54.8 Å². The molecule has 0 spiro atoms. The molecule has 1 unspecified atom stereocenters. The van der Waals surface area contributed by atoms with E-state index in [1.54, 1.807) is 29.2 Å². The number of piperazine rings is 1. The van der Waals surface area contributed by atoms with Gasteiger partial charge in [0.2, 0.25) is 21.8 Å². The van der Waals surface area contributed by atoms with Crippen molar-refractivity contribution in [2.45, 2.75) is 50.1 Å². The molecule has 1 N–H and O–H groups in total. The van der Waals surface area contributed by atoms with Gasteiger partial charge in [-0.1, -0.05) is 26.0 Å². The maximum absolute atomic E-state index is 15.1. The quantitative estimate of drug-likeness (QED) is 0.597. The van der Waals surface area contributed by atoms with Crippen molar-refractivity contribution < 1.29 is 27.2 Å². The molecule has 37 heavy (non-hydrogen) atoms. The van der Waals surface area contributed by atoms with Crippen molar-refractivity contribution in [3.8, 4) is 0 Å². The average Bonchev–Trinajstić information content (AvgIpc) is 3.18. The molecule has 3 amide bonds. The highest BCUT2D eigenvalue weighted by molar-refractivity contribution is 7.89. The molecule has 3 aliphatic heterocycles. The fourth-order valence-electron chi connectivity index (χ4n) is 5.17. The van der Waals surface area contributed by atoms with Crippen LogP contribution in [0.4, 0.5) is 10.1 Å². The number of hydrogen-bond donors (Lipinski definition) is 1. The number of carbonyl (C=O) groups is 3. The predicted molar refractivity (Wildman–Crippen MR) is 134 cm³/mol. The Morgan fingerprint density at radius 3 is 2.43 bits per heavy atom. The minimum absolute atomic E-state index is 0.144. The molecule has 1 atom stereocenters. The van der Waals surface area contributed by atoms with E-state index >= 15 is 4.39 Å². The molecule has 9 nitrogen and oxygen atoms in total. The van der Waals surface area contributed by atoms with E-state index in [9.17, 15) is 22.8 Å². The van der Waals surface area contributed by atoms with Gasteiger partial charge in [0.05, 0.1) is 10.6 Å². The summed E-state index contributed by atoms with van der Waals surface area (Å²) in [7, 11) is -3.68. The summed E-state index contributed by atoms with van der Waals surface area (Å²) in [5.41, 5.74) is 2.06. The highest BCUT2D eigenvalue weighted by Crippen LogP contribution is 2.33. The van der Waals surface area contributed by atoms with Crippen molar-refractivity contribution in [2.75, 3.05) is 31.1 Å². The number of nitrogens with one attached hydrogen (secondary N) is 1. The Morgan fingerprint density at radius 1 is 1.03 bits per heavy atom. The van der Waals surface area contributed by atoms with Crippen LogP contribution in [0.1, 0.15) is 54.1 Å². The second kappa shape index (κ2) is 9.53. The molecule has 11 heteroatoms. The molecule has 2 saturated heterocycles. The van der Waals surface area contributed by atoms with Crippen LogP contribution in [0.25, 0.3) is 0 Å². The molecule has 0 aliphatic carbocycles. The lowest BCUT2D eigenvalue weighted by atomic mass is 10.0. The van der Waals surface area contributed by atoms with Gasteiger partial charge >= 0.3 is 0 Å². The van der Waals surface area contributed by atoms with E-state index in [4.69, 9.17) is 0 Å². The molecule has 2 aromatic rings. The molecule has 196 valence electrons. The summed E-state index contributed by atoms with van der Waals surface area (Å²) in [6.07, 6.45) is 0.376. The van der Waals surface area contributed by atoms with Gasteiger partial charge in [-0.2, -0.15) is 4.31 Å². The van der Waals surface area contributed by atoms with E-state index in [1.807, 2.05) is 19.9 Å². The van der Waals surface area contributed by atoms with Crippen LogP contribution in [0, 0.1) is 5.82 Å². The highest BCUT2D eigenvalue weighted by atomic mass is 32.2. The third-order valence-corrected chi connectivity index (χ3v) is 9.23. The first-order chi connectivity index (χ1) is 17.6. The maximum Gasteiger partial charge on any atom is 0.255 e. The van der Waals surface area contributed by atoms with Crippen LogP contribution in [0.5, 0.6) is 0 Å². The standard InChI is InChI=1S/C26H29FN4O5S/c1-16(2)17-4-3-5-19(12-17)37(35,36)30-10-8-29(9-11-30)23-13-18-15-31(26(34)20(18)14-21(23)27)22-6-7-24(32)28-25(22)33/h3-5,12-14,16,22H,6-11,15H2,1-2H3,(H,28,32,33). The lowest BCUT2D eigenvalue weighted by Gasteiger charge is -2.35. The molecule has 2 fully saturated rings. The minimum Gasteiger partial charge on any atom is -0.367 e. The van der Waals surface area contributed by atoms with Gasteiger partial charge in [0.25, 0.3) is 5.91 Å². The molecule has 0 aromatic heterocycles. The second-order valence-electron chi connectivity index (χ2n) is 9.98. The smallest absolute Gasteiger partial charge is 0.255 e. The van der Waals surface area contributed by atoms with Crippen molar-refractivity contribution in [1.29, 1.82) is 0 Å². The summed E-state index contributed by atoms with van der Waals surface area (Å²) >= 11 is 0. The SMILES string of the molecule is CC(C)c1cccc(S(=O)(=O)N2CCN(c3cc4c(cc3F)C(=O)N(C3CCC(=O)NC3=O)C4)CC2)c1. The van der Waals surface area contributed by atoms with Crippen LogP contribution in [0.2, 0.25) is 0 Å². The fourth-order valence-corrected chi connectivity index (χ4v) is 6.65. The number of nitrogens with zero attached hydrogens (tertiary/aromatic N) is 3. The monoisotopic (exact) mass is 528 g/mol. The van der Waals surface area contributed by atoms with E-state index in [2.05, 4.69) is 5.32 Å². The molecule has 3 aliphatic rings. The summed E-state index contributed by atoms with van der Waals surface area (Å²) in [5.74, 6) is -1.69. The van der Waals surface area contributed by atoms with Crippen LogP contribution in [-0.2, 0) is 26.2 Å². The number of imide groups is 1. The molecule has 0 bridgehead atoms. The number of rotatable bonds is 5. The molecule has 0 saturated carbocycles. The van der Waals surface area contributed by atoms with E-state index < -0.39 is 33.7 Å². The molecule has 3 heterocycles. The number of hydrogen-bond acceptors (Lipinski definition) is 6. The predicted octanol–water partition coefficient (Wildman–Crippen LogP) is 2.22. The molecule has 5 rings (SSSR count). The topological polar surface area (TPSA) is 107 Å². The van der Waals surface area contributed by atoms with Crippen LogP contribution >= 0.6 is 0 Å². The van der Waals surface area contributed by atoms with E-state index in [0.717, 1.165) is 5.56 Å². The Morgan fingerprint density at radius 2 is 1.76 bits per heavy atom. The van der Waals surface area contributed by atoms with Crippen LogP contribution in [0.3, 0.4) is 0 Å². The Balaban J connectivity index is 1.30. The van der Waals surface area contributed by atoms with Crippen molar-refractivity contribution in [2.24, 2.45) is 0 Å². The largest absolute Gasteiger partial charge is 0.367 e. The molecular formula is C26H29FN4O5S. The number of piperidine rings is 1. The van der Waals surface area contributed by atoms with Gasteiger partial charge in [-0.15, -0.1) is 0 Å². The first-order valence-electron chi connectivity index (χ1n) is 12.4. The first-order valence-corrected chi connectivity index (χ1v) is 13.8. The number of fused-ring (bicyclic) bond motifs is 1. The number of benzene rings is 2. The summed E-state index contributed by atoms with van der Waals surface area (Å²) in [6, 6.07) is 9.00. The highest BCUT2D eigenvalue weighted by Gasteiger charge is 2.40. The Bertz CT molecular complexity index is 1390. The Kier molecular flexibility index (Phi) is 6.53.